The third-order valence-electron chi connectivity index (χ3n) is 8.91. The van der Waals surface area contributed by atoms with Crippen molar-refractivity contribution in [3.8, 4) is 5.75 Å². The number of methoxy groups -OCH3 is 2. The van der Waals surface area contributed by atoms with Gasteiger partial charge in [-0.2, -0.15) is 0 Å². The Morgan fingerprint density at radius 3 is 2.56 bits per heavy atom. The first-order valence-electron chi connectivity index (χ1n) is 14.9. The molecule has 4 aliphatic heterocycles. The average Bonchev–Trinajstić information content (AvgIpc) is 2.96. The zero-order chi connectivity index (χ0) is 33.3. The first kappa shape index (κ1) is 34.7. The first-order chi connectivity index (χ1) is 21.1. The van der Waals surface area contributed by atoms with Gasteiger partial charge < -0.3 is 39.0 Å². The highest BCUT2D eigenvalue weighted by molar-refractivity contribution is 6.35. The van der Waals surface area contributed by atoms with E-state index in [1.54, 1.807) is 53.1 Å². The normalized spacial score (nSPS) is 34.8. The molecule has 45 heavy (non-hydrogen) atoms. The lowest BCUT2D eigenvalue weighted by atomic mass is 9.72. The number of carbonyl (C=O) groups excluding carboxylic acids is 3. The van der Waals surface area contributed by atoms with E-state index in [1.807, 2.05) is 19.1 Å². The average molecular weight is 650 g/mol. The van der Waals surface area contributed by atoms with Crippen LogP contribution in [0.3, 0.4) is 0 Å². The second-order valence-electron chi connectivity index (χ2n) is 12.5. The van der Waals surface area contributed by atoms with Crippen LogP contribution in [0.2, 0.25) is 5.02 Å². The van der Waals surface area contributed by atoms with E-state index in [-0.39, 0.29) is 30.2 Å². The van der Waals surface area contributed by atoms with Crippen molar-refractivity contribution < 1.29 is 43.2 Å². The predicted octanol–water partition coefficient (Wildman–Crippen LogP) is 3.42. The summed E-state index contributed by atoms with van der Waals surface area (Å²) in [5.74, 6) is -0.530. The summed E-state index contributed by atoms with van der Waals surface area (Å²) in [7, 11) is 6.17. The molecule has 13 heteroatoms. The van der Waals surface area contributed by atoms with Gasteiger partial charge >= 0.3 is 12.1 Å². The van der Waals surface area contributed by atoms with Crippen LogP contribution in [0.4, 0.5) is 10.5 Å². The van der Waals surface area contributed by atoms with Crippen molar-refractivity contribution in [2.75, 3.05) is 33.2 Å². The second kappa shape index (κ2) is 13.3. The molecule has 1 aromatic carbocycles. The minimum absolute atomic E-state index is 0.0517. The molecule has 2 amide bonds. The number of fused-ring (bicyclic) bond motifs is 6. The molecule has 6 bridgehead atoms. The molecule has 0 radical (unpaired) electrons. The van der Waals surface area contributed by atoms with E-state index in [0.29, 0.717) is 17.9 Å². The Morgan fingerprint density at radius 1 is 1.24 bits per heavy atom. The number of hydrogen-bond donors (Lipinski definition) is 3. The van der Waals surface area contributed by atoms with Crippen LogP contribution >= 0.6 is 11.6 Å². The molecule has 0 spiro atoms. The SMILES string of the molecule is CN[C@@H](C)C(=O)O[C@H]1CC(=O)N(C)c2cc(cc(OC)c2Cl)C/C(C)=C/C=C/[C@@H](OC)[C@@]2(O)C[C@H](OC(=O)N2)C2(C)C[C@@]1(C)O2. The van der Waals surface area contributed by atoms with E-state index in [2.05, 4.69) is 10.6 Å². The molecular formula is C32H44ClN3O9. The molecule has 1 unspecified atom stereocenters. The maximum atomic E-state index is 13.8. The fourth-order valence-corrected chi connectivity index (χ4v) is 6.57. The number of likely N-dealkylation sites (N-methyl/N-ethyl adjacent to an activating group) is 1. The Hall–Kier alpha value is -3.16. The summed E-state index contributed by atoms with van der Waals surface area (Å²) in [6, 6.07) is 2.98. The van der Waals surface area contributed by atoms with Gasteiger partial charge in [-0.15, -0.1) is 0 Å². The van der Waals surface area contributed by atoms with Gasteiger partial charge in [0.2, 0.25) is 5.91 Å². The van der Waals surface area contributed by atoms with E-state index < -0.39 is 53.3 Å². The Labute approximate surface area is 269 Å². The molecule has 1 aromatic rings. The summed E-state index contributed by atoms with van der Waals surface area (Å²) in [5.41, 5.74) is -1.78. The maximum Gasteiger partial charge on any atom is 0.409 e. The quantitative estimate of drug-likeness (QED) is 0.406. The summed E-state index contributed by atoms with van der Waals surface area (Å²) >= 11 is 6.69. The van der Waals surface area contributed by atoms with Gasteiger partial charge in [0.05, 0.1) is 19.2 Å². The molecule has 0 saturated carbocycles. The van der Waals surface area contributed by atoms with Gasteiger partial charge in [0.25, 0.3) is 0 Å². The van der Waals surface area contributed by atoms with E-state index in [4.69, 9.17) is 35.3 Å². The number of halogens is 1. The molecule has 4 heterocycles. The van der Waals surface area contributed by atoms with E-state index in [0.717, 1.165) is 11.1 Å². The highest BCUT2D eigenvalue weighted by Gasteiger charge is 2.63. The number of carbonyl (C=O) groups is 3. The largest absolute Gasteiger partial charge is 0.495 e. The zero-order valence-electron chi connectivity index (χ0n) is 27.1. The summed E-state index contributed by atoms with van der Waals surface area (Å²) in [6.07, 6.45) is 2.11. The molecule has 12 nitrogen and oxygen atoms in total. The smallest absolute Gasteiger partial charge is 0.409 e. The lowest BCUT2D eigenvalue weighted by molar-refractivity contribution is -0.328. The third-order valence-corrected chi connectivity index (χ3v) is 9.29. The van der Waals surface area contributed by atoms with Gasteiger partial charge in [0.1, 0.15) is 46.3 Å². The lowest BCUT2D eigenvalue weighted by Gasteiger charge is -2.59. The van der Waals surface area contributed by atoms with Crippen molar-refractivity contribution in [2.24, 2.45) is 0 Å². The topological polar surface area (TPSA) is 145 Å². The molecule has 7 atom stereocenters. The van der Waals surface area contributed by atoms with Crippen molar-refractivity contribution in [2.45, 2.75) is 94.7 Å². The fourth-order valence-electron chi connectivity index (χ4n) is 6.26. The highest BCUT2D eigenvalue weighted by atomic mass is 35.5. The molecule has 2 saturated heterocycles. The van der Waals surface area contributed by atoms with Gasteiger partial charge in [-0.3, -0.25) is 14.9 Å². The fraction of sp³-hybridized carbons (Fsp3) is 0.594. The van der Waals surface area contributed by atoms with Crippen LogP contribution in [0.15, 0.2) is 35.9 Å². The Kier molecular flexibility index (Phi) is 10.3. The highest BCUT2D eigenvalue weighted by Crippen LogP contribution is 2.50. The molecule has 4 aliphatic rings. The maximum absolute atomic E-state index is 13.8. The number of ether oxygens (including phenoxy) is 5. The number of rotatable bonds is 5. The van der Waals surface area contributed by atoms with Gasteiger partial charge in [-0.25, -0.2) is 4.79 Å². The van der Waals surface area contributed by atoms with Crippen LogP contribution in [0.5, 0.6) is 5.75 Å². The Morgan fingerprint density at radius 2 is 1.93 bits per heavy atom. The Bertz CT molecular complexity index is 1380. The van der Waals surface area contributed by atoms with Crippen LogP contribution in [0.25, 0.3) is 0 Å². The van der Waals surface area contributed by atoms with Crippen LogP contribution in [0, 0.1) is 0 Å². The van der Waals surface area contributed by atoms with Crippen LogP contribution < -0.4 is 20.3 Å². The second-order valence-corrected chi connectivity index (χ2v) is 12.9. The van der Waals surface area contributed by atoms with Crippen LogP contribution in [-0.4, -0.2) is 92.7 Å². The molecule has 0 aliphatic carbocycles. The van der Waals surface area contributed by atoms with Crippen LogP contribution in [-0.2, 0) is 35.0 Å². The zero-order valence-corrected chi connectivity index (χ0v) is 27.8. The number of benzene rings is 1. The summed E-state index contributed by atoms with van der Waals surface area (Å²) in [6.45, 7) is 7.08. The van der Waals surface area contributed by atoms with Crippen molar-refractivity contribution in [3.05, 3.63) is 46.5 Å². The van der Waals surface area contributed by atoms with Gasteiger partial charge in [-0.05, 0) is 58.9 Å². The number of amides is 2. The molecule has 3 N–H and O–H groups in total. The van der Waals surface area contributed by atoms with Crippen molar-refractivity contribution in [3.63, 3.8) is 0 Å². The third kappa shape index (κ3) is 7.15. The van der Waals surface area contributed by atoms with Gasteiger partial charge in [0, 0.05) is 27.0 Å². The molecule has 5 rings (SSSR count). The number of alkyl carbamates (subject to hydrolysis) is 1. The number of esters is 1. The standard InChI is InChI=1S/C32H44ClN3O9/c1-18-10-9-11-23(42-8)32(40)16-25(44-29(39)35-32)31(4)17-30(3,45-31)24(43-28(38)19(2)34-5)15-26(37)36(6)21-13-20(12-18)14-22(41-7)27(21)33/h9-11,13-14,19,23-25,34,40H,12,15-17H2,1-8H3,(H,35,39)/b11-9+,18-10+/t19-,23+,24-,25-,30+,31?,32-/m0/s1. The summed E-state index contributed by atoms with van der Waals surface area (Å²) in [5, 5.41) is 17.2. The number of aliphatic hydroxyl groups is 1. The first-order valence-corrected chi connectivity index (χ1v) is 15.2. The van der Waals surface area contributed by atoms with E-state index >= 15 is 0 Å². The minimum atomic E-state index is -1.81. The van der Waals surface area contributed by atoms with Crippen LogP contribution in [0.1, 0.15) is 52.5 Å². The summed E-state index contributed by atoms with van der Waals surface area (Å²) in [4.78, 5) is 41.0. The minimum Gasteiger partial charge on any atom is -0.495 e. The van der Waals surface area contributed by atoms with Crippen molar-refractivity contribution in [1.82, 2.24) is 10.6 Å². The predicted molar refractivity (Wildman–Crippen MR) is 167 cm³/mol. The van der Waals surface area contributed by atoms with Gasteiger partial charge in [0.15, 0.2) is 5.72 Å². The number of nitrogens with one attached hydrogen (secondary N) is 2. The monoisotopic (exact) mass is 649 g/mol. The molecule has 248 valence electrons. The summed E-state index contributed by atoms with van der Waals surface area (Å²) < 4.78 is 29.1. The van der Waals surface area contributed by atoms with Crippen molar-refractivity contribution in [1.29, 1.82) is 0 Å². The number of anilines is 1. The molecule has 0 aromatic heterocycles. The van der Waals surface area contributed by atoms with Gasteiger partial charge in [-0.1, -0.05) is 35.4 Å². The lowest BCUT2D eigenvalue weighted by Crippen LogP contribution is -2.72. The number of hydrogen-bond acceptors (Lipinski definition) is 10. The molecular weight excluding hydrogens is 606 g/mol. The Balaban J connectivity index is 1.80. The number of nitrogens with zero attached hydrogens (tertiary/aromatic N) is 1. The molecule has 2 fully saturated rings. The van der Waals surface area contributed by atoms with Crippen molar-refractivity contribution >= 4 is 35.3 Å². The van der Waals surface area contributed by atoms with E-state index in [9.17, 15) is 19.5 Å². The number of allylic oxidation sites excluding steroid dienone is 3. The van der Waals surface area contributed by atoms with E-state index in [1.165, 1.54) is 19.1 Å².